The highest BCUT2D eigenvalue weighted by Crippen LogP contribution is 2.17. The second-order valence-corrected chi connectivity index (χ2v) is 12.4. The number of nitrogens with zero attached hydrogens (tertiary/aromatic N) is 1. The van der Waals surface area contributed by atoms with Crippen LogP contribution in [0.3, 0.4) is 0 Å². The standard InChI is InChI=1S/C37H70N/c1-4-7-10-13-16-19-21-24-27-30-36-32-34-38(33-29-26-23-18-15-12-9-6-3)35-37(36)31-28-25-22-20-17-14-11-8-5-2/h32,34-35H,4-31,33H2,1-3H3/q+1. The Bertz CT molecular complexity index is 607. The van der Waals surface area contributed by atoms with E-state index in [2.05, 4.69) is 43.8 Å². The molecule has 0 saturated carbocycles. The van der Waals surface area contributed by atoms with Gasteiger partial charge in [-0.1, -0.05) is 162 Å². The fraction of sp³-hybridized carbons (Fsp3) is 0.865. The van der Waals surface area contributed by atoms with Gasteiger partial charge >= 0.3 is 0 Å². The van der Waals surface area contributed by atoms with Crippen molar-refractivity contribution in [3.8, 4) is 0 Å². The second-order valence-electron chi connectivity index (χ2n) is 12.4. The van der Waals surface area contributed by atoms with Crippen LogP contribution in [0.4, 0.5) is 0 Å². The van der Waals surface area contributed by atoms with Crippen LogP contribution in [0.2, 0.25) is 0 Å². The van der Waals surface area contributed by atoms with Crippen molar-refractivity contribution in [3.05, 3.63) is 29.6 Å². The minimum absolute atomic E-state index is 1.21. The molecule has 222 valence electrons. The van der Waals surface area contributed by atoms with E-state index in [-0.39, 0.29) is 0 Å². The van der Waals surface area contributed by atoms with Gasteiger partial charge in [-0.3, -0.25) is 0 Å². The third kappa shape index (κ3) is 21.0. The number of pyridine rings is 1. The molecule has 0 N–H and O–H groups in total. The molecule has 0 spiro atoms. The van der Waals surface area contributed by atoms with Crippen molar-refractivity contribution in [1.29, 1.82) is 0 Å². The molecule has 0 aromatic carbocycles. The largest absolute Gasteiger partial charge is 0.205 e. The Morgan fingerprint density at radius 2 is 0.737 bits per heavy atom. The van der Waals surface area contributed by atoms with E-state index in [9.17, 15) is 0 Å². The number of rotatable bonds is 29. The van der Waals surface area contributed by atoms with Crippen LogP contribution in [0.5, 0.6) is 0 Å². The molecule has 1 aromatic heterocycles. The van der Waals surface area contributed by atoms with Crippen LogP contribution >= 0.6 is 0 Å². The summed E-state index contributed by atoms with van der Waals surface area (Å²) in [5, 5.41) is 0. The van der Waals surface area contributed by atoms with Crippen molar-refractivity contribution in [3.63, 3.8) is 0 Å². The zero-order valence-corrected chi connectivity index (χ0v) is 26.7. The maximum absolute atomic E-state index is 2.54. The molecule has 1 heterocycles. The first-order chi connectivity index (χ1) is 18.8. The fourth-order valence-corrected chi connectivity index (χ4v) is 5.91. The van der Waals surface area contributed by atoms with Crippen molar-refractivity contribution >= 4 is 0 Å². The molecule has 1 rings (SSSR count). The van der Waals surface area contributed by atoms with Gasteiger partial charge in [0.25, 0.3) is 0 Å². The van der Waals surface area contributed by atoms with Gasteiger partial charge in [-0.05, 0) is 37.7 Å². The van der Waals surface area contributed by atoms with Crippen molar-refractivity contribution in [2.24, 2.45) is 0 Å². The summed E-state index contributed by atoms with van der Waals surface area (Å²) in [5.74, 6) is 0. The molecule has 0 amide bonds. The van der Waals surface area contributed by atoms with Gasteiger partial charge in [-0.15, -0.1) is 0 Å². The van der Waals surface area contributed by atoms with Gasteiger partial charge in [-0.25, -0.2) is 4.57 Å². The molecule has 1 aromatic rings. The Morgan fingerprint density at radius 3 is 1.16 bits per heavy atom. The first-order valence-corrected chi connectivity index (χ1v) is 17.8. The van der Waals surface area contributed by atoms with Gasteiger partial charge in [-0.2, -0.15) is 0 Å². The molecule has 0 fully saturated rings. The van der Waals surface area contributed by atoms with E-state index < -0.39 is 0 Å². The van der Waals surface area contributed by atoms with Crippen LogP contribution in [-0.4, -0.2) is 0 Å². The van der Waals surface area contributed by atoms with E-state index in [4.69, 9.17) is 0 Å². The predicted molar refractivity (Wildman–Crippen MR) is 171 cm³/mol. The van der Waals surface area contributed by atoms with Crippen LogP contribution < -0.4 is 4.57 Å². The molecule has 0 saturated heterocycles. The van der Waals surface area contributed by atoms with Crippen LogP contribution in [0, 0.1) is 0 Å². The summed E-state index contributed by atoms with van der Waals surface area (Å²) in [6.07, 6.45) is 44.4. The molecule has 38 heavy (non-hydrogen) atoms. The number of aryl methyl sites for hydroxylation is 3. The Labute approximate surface area is 241 Å². The maximum atomic E-state index is 2.54. The molecule has 0 bridgehead atoms. The summed E-state index contributed by atoms with van der Waals surface area (Å²) in [4.78, 5) is 0. The predicted octanol–water partition coefficient (Wildman–Crippen LogP) is 12.3. The molecule has 0 radical (unpaired) electrons. The first kappa shape index (κ1) is 35.2. The fourth-order valence-electron chi connectivity index (χ4n) is 5.91. The van der Waals surface area contributed by atoms with Crippen LogP contribution in [0.15, 0.2) is 18.5 Å². The monoisotopic (exact) mass is 529 g/mol. The highest BCUT2D eigenvalue weighted by atomic mass is 14.9. The Hall–Kier alpha value is -0.850. The van der Waals surface area contributed by atoms with E-state index in [0.717, 1.165) is 0 Å². The van der Waals surface area contributed by atoms with Gasteiger partial charge in [0.1, 0.15) is 6.54 Å². The minimum atomic E-state index is 1.21. The van der Waals surface area contributed by atoms with Gasteiger partial charge in [0, 0.05) is 18.1 Å². The van der Waals surface area contributed by atoms with Crippen molar-refractivity contribution < 1.29 is 4.57 Å². The topological polar surface area (TPSA) is 3.88 Å². The van der Waals surface area contributed by atoms with Gasteiger partial charge < -0.3 is 0 Å². The molecular formula is C37H70N+. The Morgan fingerprint density at radius 1 is 0.395 bits per heavy atom. The lowest BCUT2D eigenvalue weighted by atomic mass is 9.97. The maximum Gasteiger partial charge on any atom is 0.172 e. The van der Waals surface area contributed by atoms with Crippen molar-refractivity contribution in [2.75, 3.05) is 0 Å². The third-order valence-electron chi connectivity index (χ3n) is 8.57. The first-order valence-electron chi connectivity index (χ1n) is 17.8. The van der Waals surface area contributed by atoms with E-state index in [1.165, 1.54) is 186 Å². The van der Waals surface area contributed by atoms with Crippen molar-refractivity contribution in [2.45, 2.75) is 207 Å². The lowest BCUT2D eigenvalue weighted by molar-refractivity contribution is -0.697. The number of unbranched alkanes of at least 4 members (excludes halogenated alkanes) is 23. The number of hydrogen-bond donors (Lipinski definition) is 0. The average Bonchev–Trinajstić information content (AvgIpc) is 2.93. The highest BCUT2D eigenvalue weighted by Gasteiger charge is 2.10. The molecule has 1 nitrogen and oxygen atoms in total. The molecule has 0 unspecified atom stereocenters. The summed E-state index contributed by atoms with van der Waals surface area (Å²) < 4.78 is 2.51. The van der Waals surface area contributed by atoms with Gasteiger partial charge in [0.2, 0.25) is 0 Å². The lowest BCUT2D eigenvalue weighted by Crippen LogP contribution is -2.34. The molecule has 0 atom stereocenters. The quantitative estimate of drug-likeness (QED) is 0.0719. The zero-order valence-electron chi connectivity index (χ0n) is 26.7. The van der Waals surface area contributed by atoms with Crippen LogP contribution in [0.1, 0.15) is 199 Å². The molecule has 1 heteroatoms. The van der Waals surface area contributed by atoms with E-state index in [0.29, 0.717) is 0 Å². The lowest BCUT2D eigenvalue weighted by Gasteiger charge is -2.10. The molecule has 0 aliphatic carbocycles. The Kier molecular flexibility index (Phi) is 25.6. The normalized spacial score (nSPS) is 11.4. The average molecular weight is 529 g/mol. The van der Waals surface area contributed by atoms with Crippen molar-refractivity contribution in [1.82, 2.24) is 0 Å². The molecular weight excluding hydrogens is 458 g/mol. The number of hydrogen-bond acceptors (Lipinski definition) is 0. The summed E-state index contributed by atoms with van der Waals surface area (Å²) in [6.45, 7) is 8.14. The zero-order chi connectivity index (χ0) is 27.4. The summed E-state index contributed by atoms with van der Waals surface area (Å²) in [5.41, 5.74) is 3.31. The summed E-state index contributed by atoms with van der Waals surface area (Å²) >= 11 is 0. The van der Waals surface area contributed by atoms with Crippen LogP contribution in [-0.2, 0) is 19.4 Å². The molecule has 0 aliphatic heterocycles. The highest BCUT2D eigenvalue weighted by molar-refractivity contribution is 5.21. The van der Waals surface area contributed by atoms with Gasteiger partial charge in [0.15, 0.2) is 12.4 Å². The summed E-state index contributed by atoms with van der Waals surface area (Å²) in [7, 11) is 0. The summed E-state index contributed by atoms with van der Waals surface area (Å²) in [6, 6.07) is 2.48. The van der Waals surface area contributed by atoms with Gasteiger partial charge in [0.05, 0.1) is 0 Å². The third-order valence-corrected chi connectivity index (χ3v) is 8.57. The second kappa shape index (κ2) is 27.7. The Balaban J connectivity index is 2.39. The number of aromatic nitrogens is 1. The van der Waals surface area contributed by atoms with E-state index in [1.807, 2.05) is 0 Å². The van der Waals surface area contributed by atoms with E-state index in [1.54, 1.807) is 11.1 Å². The SMILES string of the molecule is CCCCCCCCCCCc1cc[n+](CCCCCCCCCC)cc1CCCCCCCCCCC. The smallest absolute Gasteiger partial charge is 0.172 e. The van der Waals surface area contributed by atoms with Crippen LogP contribution in [0.25, 0.3) is 0 Å². The minimum Gasteiger partial charge on any atom is -0.205 e. The molecule has 0 aliphatic rings. The van der Waals surface area contributed by atoms with E-state index >= 15 is 0 Å².